The maximum absolute atomic E-state index is 13.2. The van der Waals surface area contributed by atoms with Crippen LogP contribution in [0.2, 0.25) is 0 Å². The van der Waals surface area contributed by atoms with Crippen LogP contribution >= 0.6 is 15.9 Å². The van der Waals surface area contributed by atoms with Crippen LogP contribution < -0.4 is 5.32 Å². The van der Waals surface area contributed by atoms with Crippen LogP contribution in [0.4, 0.5) is 10.1 Å². The molecule has 0 radical (unpaired) electrons. The van der Waals surface area contributed by atoms with Gasteiger partial charge in [-0.05, 0) is 35.9 Å². The summed E-state index contributed by atoms with van der Waals surface area (Å²) in [4.78, 5) is 0. The van der Waals surface area contributed by atoms with Gasteiger partial charge < -0.3 is 5.32 Å². The van der Waals surface area contributed by atoms with Crippen LogP contribution in [-0.2, 0) is 6.54 Å². The Kier molecular flexibility index (Phi) is 3.96. The molecule has 0 aliphatic rings. The number of nitrogens with zero attached hydrogens (tertiary/aromatic N) is 1. The summed E-state index contributed by atoms with van der Waals surface area (Å²) < 4.78 is 13.9. The Morgan fingerprint density at radius 2 is 2.00 bits per heavy atom. The third-order valence-corrected chi connectivity index (χ3v) is 2.91. The van der Waals surface area contributed by atoms with Crippen LogP contribution in [0.15, 0.2) is 46.9 Å². The fraction of sp³-hybridized carbons (Fsp3) is 0.0714. The maximum Gasteiger partial charge on any atom is 0.124 e. The lowest BCUT2D eigenvalue weighted by Gasteiger charge is -2.08. The van der Waals surface area contributed by atoms with Crippen LogP contribution in [0.5, 0.6) is 0 Å². The molecule has 0 aliphatic carbocycles. The number of halogens is 2. The third kappa shape index (κ3) is 3.08. The second kappa shape index (κ2) is 5.65. The van der Waals surface area contributed by atoms with Gasteiger partial charge in [-0.25, -0.2) is 4.39 Å². The number of nitriles is 1. The minimum Gasteiger partial charge on any atom is -0.380 e. The Balaban J connectivity index is 2.14. The summed E-state index contributed by atoms with van der Waals surface area (Å²) in [6.07, 6.45) is 0. The third-order valence-electron chi connectivity index (χ3n) is 2.45. The van der Waals surface area contributed by atoms with Crippen molar-refractivity contribution < 1.29 is 4.39 Å². The second-order valence-corrected chi connectivity index (χ2v) is 4.70. The van der Waals surface area contributed by atoms with E-state index in [1.807, 2.05) is 24.3 Å². The van der Waals surface area contributed by atoms with Gasteiger partial charge in [0.05, 0.1) is 11.3 Å². The van der Waals surface area contributed by atoms with Gasteiger partial charge in [0.2, 0.25) is 0 Å². The van der Waals surface area contributed by atoms with Crippen molar-refractivity contribution in [1.82, 2.24) is 0 Å². The highest BCUT2D eigenvalue weighted by Crippen LogP contribution is 2.18. The number of nitrogens with one attached hydrogen (secondary N) is 1. The van der Waals surface area contributed by atoms with E-state index in [9.17, 15) is 4.39 Å². The molecule has 0 atom stereocenters. The van der Waals surface area contributed by atoms with E-state index in [1.54, 1.807) is 6.07 Å². The predicted molar refractivity (Wildman–Crippen MR) is 72.6 cm³/mol. The lowest BCUT2D eigenvalue weighted by Crippen LogP contribution is -2.01. The molecule has 2 aromatic rings. The SMILES string of the molecule is N#Cc1ccccc1NCc1cc(F)cc(Br)c1. The second-order valence-electron chi connectivity index (χ2n) is 3.79. The van der Waals surface area contributed by atoms with Crippen molar-refractivity contribution in [2.24, 2.45) is 0 Å². The molecule has 0 saturated heterocycles. The molecule has 0 aliphatic heterocycles. The topological polar surface area (TPSA) is 35.8 Å². The molecular weight excluding hydrogens is 295 g/mol. The Hall–Kier alpha value is -1.86. The van der Waals surface area contributed by atoms with Crippen molar-refractivity contribution in [2.45, 2.75) is 6.54 Å². The van der Waals surface area contributed by atoms with E-state index in [1.165, 1.54) is 12.1 Å². The fourth-order valence-corrected chi connectivity index (χ4v) is 2.16. The Morgan fingerprint density at radius 1 is 1.22 bits per heavy atom. The van der Waals surface area contributed by atoms with E-state index < -0.39 is 0 Å². The van der Waals surface area contributed by atoms with Crippen LogP contribution in [0.3, 0.4) is 0 Å². The molecular formula is C14H10BrFN2. The first-order valence-electron chi connectivity index (χ1n) is 5.37. The van der Waals surface area contributed by atoms with Gasteiger partial charge >= 0.3 is 0 Å². The summed E-state index contributed by atoms with van der Waals surface area (Å²) in [5.41, 5.74) is 2.14. The first-order valence-corrected chi connectivity index (χ1v) is 6.16. The quantitative estimate of drug-likeness (QED) is 0.927. The number of hydrogen-bond acceptors (Lipinski definition) is 2. The highest BCUT2D eigenvalue weighted by molar-refractivity contribution is 9.10. The Morgan fingerprint density at radius 3 is 2.72 bits per heavy atom. The van der Waals surface area contributed by atoms with Gasteiger partial charge in [0, 0.05) is 11.0 Å². The zero-order chi connectivity index (χ0) is 13.0. The molecule has 0 aromatic heterocycles. The van der Waals surface area contributed by atoms with Crippen molar-refractivity contribution in [3.63, 3.8) is 0 Å². The van der Waals surface area contributed by atoms with Gasteiger partial charge in [0.25, 0.3) is 0 Å². The number of para-hydroxylation sites is 1. The number of anilines is 1. The molecule has 0 amide bonds. The van der Waals surface area contributed by atoms with Crippen molar-refractivity contribution >= 4 is 21.6 Å². The van der Waals surface area contributed by atoms with E-state index in [-0.39, 0.29) is 5.82 Å². The summed E-state index contributed by atoms with van der Waals surface area (Å²) >= 11 is 3.25. The van der Waals surface area contributed by atoms with Gasteiger partial charge in [-0.2, -0.15) is 5.26 Å². The lowest BCUT2D eigenvalue weighted by atomic mass is 10.1. The van der Waals surface area contributed by atoms with Gasteiger partial charge in [0.15, 0.2) is 0 Å². The molecule has 1 N–H and O–H groups in total. The van der Waals surface area contributed by atoms with Crippen molar-refractivity contribution in [3.8, 4) is 6.07 Å². The van der Waals surface area contributed by atoms with Crippen molar-refractivity contribution in [2.75, 3.05) is 5.32 Å². The normalized spacial score (nSPS) is 9.83. The van der Waals surface area contributed by atoms with Gasteiger partial charge in [-0.3, -0.25) is 0 Å². The molecule has 2 rings (SSSR count). The molecule has 2 nitrogen and oxygen atoms in total. The van der Waals surface area contributed by atoms with E-state index in [4.69, 9.17) is 5.26 Å². The zero-order valence-corrected chi connectivity index (χ0v) is 11.0. The van der Waals surface area contributed by atoms with E-state index in [0.717, 1.165) is 11.3 Å². The minimum absolute atomic E-state index is 0.283. The average Bonchev–Trinajstić information content (AvgIpc) is 2.35. The van der Waals surface area contributed by atoms with Crippen LogP contribution in [0.25, 0.3) is 0 Å². The summed E-state index contributed by atoms with van der Waals surface area (Å²) in [5.74, 6) is -0.283. The van der Waals surface area contributed by atoms with Gasteiger partial charge in [0.1, 0.15) is 11.9 Å². The van der Waals surface area contributed by atoms with Crippen LogP contribution in [0.1, 0.15) is 11.1 Å². The van der Waals surface area contributed by atoms with E-state index in [2.05, 4.69) is 27.3 Å². The Bertz CT molecular complexity index is 585. The zero-order valence-electron chi connectivity index (χ0n) is 9.45. The largest absolute Gasteiger partial charge is 0.380 e. The van der Waals surface area contributed by atoms with Gasteiger partial charge in [-0.1, -0.05) is 28.1 Å². The van der Waals surface area contributed by atoms with Crippen molar-refractivity contribution in [1.29, 1.82) is 5.26 Å². The molecule has 18 heavy (non-hydrogen) atoms. The number of hydrogen-bond donors (Lipinski definition) is 1. The van der Waals surface area contributed by atoms with Crippen LogP contribution in [-0.4, -0.2) is 0 Å². The highest BCUT2D eigenvalue weighted by Gasteiger charge is 2.02. The Labute approximate surface area is 113 Å². The first kappa shape index (κ1) is 12.6. The summed E-state index contributed by atoms with van der Waals surface area (Å²) in [5, 5.41) is 12.1. The van der Waals surface area contributed by atoms with Gasteiger partial charge in [-0.15, -0.1) is 0 Å². The monoisotopic (exact) mass is 304 g/mol. The predicted octanol–water partition coefficient (Wildman–Crippen LogP) is 4.07. The number of benzene rings is 2. The van der Waals surface area contributed by atoms with E-state index in [0.29, 0.717) is 16.6 Å². The fourth-order valence-electron chi connectivity index (χ4n) is 1.65. The van der Waals surface area contributed by atoms with Crippen LogP contribution in [0, 0.1) is 17.1 Å². The summed E-state index contributed by atoms with van der Waals surface area (Å²) in [7, 11) is 0. The number of rotatable bonds is 3. The first-order chi connectivity index (χ1) is 8.69. The molecule has 0 saturated carbocycles. The summed E-state index contributed by atoms with van der Waals surface area (Å²) in [6.45, 7) is 0.467. The molecule has 0 fully saturated rings. The molecule has 0 bridgehead atoms. The lowest BCUT2D eigenvalue weighted by molar-refractivity contribution is 0.625. The molecule has 0 spiro atoms. The van der Waals surface area contributed by atoms with E-state index >= 15 is 0 Å². The minimum atomic E-state index is -0.283. The smallest absolute Gasteiger partial charge is 0.124 e. The molecule has 90 valence electrons. The maximum atomic E-state index is 13.2. The molecule has 4 heteroatoms. The highest BCUT2D eigenvalue weighted by atomic mass is 79.9. The molecule has 2 aromatic carbocycles. The molecule has 0 heterocycles. The summed E-state index contributed by atoms with van der Waals surface area (Å²) in [6, 6.07) is 14.0. The standard InChI is InChI=1S/C14H10BrFN2/c15-12-5-10(6-13(16)7-12)9-18-14-4-2-1-3-11(14)8-17/h1-7,18H,9H2. The van der Waals surface area contributed by atoms with Crippen molar-refractivity contribution in [3.05, 3.63) is 63.9 Å². The molecule has 0 unspecified atom stereocenters. The average molecular weight is 305 g/mol.